The van der Waals surface area contributed by atoms with E-state index in [1.54, 1.807) is 0 Å². The van der Waals surface area contributed by atoms with E-state index in [-0.39, 0.29) is 45.0 Å². The van der Waals surface area contributed by atoms with E-state index in [4.69, 9.17) is 9.47 Å². The van der Waals surface area contributed by atoms with Crippen molar-refractivity contribution >= 4 is 11.9 Å². The minimum Gasteiger partial charge on any atom is -0.481 e. The largest absolute Gasteiger partial charge is 0.481 e. The molecule has 5 fully saturated rings. The zero-order chi connectivity index (χ0) is 38.1. The number of rotatable bonds is 10. The number of hydrogen-bond acceptors (Lipinski definition) is 7. The predicted molar refractivity (Wildman–Crippen MR) is 200 cm³/mol. The number of carboxylic acid groups (broad SMARTS) is 1. The molecule has 1 saturated heterocycles. The van der Waals surface area contributed by atoms with Crippen LogP contribution in [0.4, 0.5) is 0 Å². The Hall–Kier alpha value is -1.52. The first-order valence-electron chi connectivity index (χ1n) is 20.8. The highest BCUT2D eigenvalue weighted by Gasteiger charge is 2.69. The molecule has 9 heteroatoms. The molecule has 1 aliphatic heterocycles. The molecule has 13 atom stereocenters. The summed E-state index contributed by atoms with van der Waals surface area (Å²) >= 11 is 0. The molecular formula is C43H71NO8. The summed E-state index contributed by atoms with van der Waals surface area (Å²) in [6.45, 7) is 18.4. The first kappa shape index (κ1) is 40.2. The Morgan fingerprint density at radius 2 is 1.62 bits per heavy atom. The maximum atomic E-state index is 13.0. The second kappa shape index (κ2) is 14.2. The molecule has 52 heavy (non-hydrogen) atoms. The van der Waals surface area contributed by atoms with Gasteiger partial charge in [-0.2, -0.15) is 0 Å². The molecule has 6 rings (SSSR count). The van der Waals surface area contributed by atoms with Crippen molar-refractivity contribution in [3.8, 4) is 0 Å². The number of fused-ring (bicyclic) bond motifs is 7. The van der Waals surface area contributed by atoms with E-state index in [9.17, 15) is 30.0 Å². The zero-order valence-electron chi connectivity index (χ0n) is 33.5. The number of ether oxygens (including phenoxy) is 2. The van der Waals surface area contributed by atoms with Gasteiger partial charge in [-0.15, -0.1) is 0 Å². The summed E-state index contributed by atoms with van der Waals surface area (Å²) < 4.78 is 13.0. The van der Waals surface area contributed by atoms with Crippen molar-refractivity contribution in [3.63, 3.8) is 0 Å². The van der Waals surface area contributed by atoms with Crippen molar-refractivity contribution in [1.29, 1.82) is 0 Å². The fourth-order valence-electron chi connectivity index (χ4n) is 13.3. The third kappa shape index (κ3) is 6.32. The zero-order valence-corrected chi connectivity index (χ0v) is 33.5. The molecule has 5 N–H and O–H groups in total. The Morgan fingerprint density at radius 3 is 2.29 bits per heavy atom. The van der Waals surface area contributed by atoms with Gasteiger partial charge in [0, 0.05) is 6.42 Å². The van der Waals surface area contributed by atoms with Gasteiger partial charge in [0.15, 0.2) is 6.29 Å². The molecule has 0 unspecified atom stereocenters. The molecule has 0 aromatic carbocycles. The highest BCUT2D eigenvalue weighted by atomic mass is 16.7. The van der Waals surface area contributed by atoms with Gasteiger partial charge in [-0.3, -0.25) is 9.59 Å². The van der Waals surface area contributed by atoms with Gasteiger partial charge >= 0.3 is 5.97 Å². The molecule has 0 spiro atoms. The Labute approximate surface area is 313 Å². The number of carbonyl (C=O) groups excluding carboxylic acids is 1. The van der Waals surface area contributed by atoms with Crippen LogP contribution in [0.2, 0.25) is 0 Å². The number of nitrogens with one attached hydrogen (secondary N) is 1. The van der Waals surface area contributed by atoms with Crippen LogP contribution < -0.4 is 5.32 Å². The van der Waals surface area contributed by atoms with Crippen molar-refractivity contribution in [2.75, 3.05) is 6.61 Å². The third-order valence-electron chi connectivity index (χ3n) is 16.8. The SMILES string of the molecule is CCCCCCC(=O)N[C@H]1[C@H](O[C@H]2CC[C@]3(C)[C@H]4CC=C5[C@@H]6CC(C)(C)CC[C@]6(C(=O)O)CC[C@@]5(C)[C@]4(C)CC[C@H]3C2(C)C)O[C@H](CO)[C@@H](O)[C@@H]1O. The first-order chi connectivity index (χ1) is 24.3. The summed E-state index contributed by atoms with van der Waals surface area (Å²) in [6.07, 6.45) is 11.0. The van der Waals surface area contributed by atoms with E-state index in [1.165, 1.54) is 5.57 Å². The second-order valence-corrected chi connectivity index (χ2v) is 20.3. The van der Waals surface area contributed by atoms with E-state index in [0.29, 0.717) is 18.3 Å². The smallest absolute Gasteiger partial charge is 0.310 e. The molecule has 1 heterocycles. The van der Waals surface area contributed by atoms with Gasteiger partial charge in [-0.25, -0.2) is 0 Å². The van der Waals surface area contributed by atoms with Crippen LogP contribution in [0, 0.1) is 50.2 Å². The van der Waals surface area contributed by atoms with E-state index in [0.717, 1.165) is 89.9 Å². The molecular weight excluding hydrogens is 658 g/mol. The van der Waals surface area contributed by atoms with E-state index in [1.807, 2.05) is 0 Å². The molecule has 5 aliphatic carbocycles. The van der Waals surface area contributed by atoms with E-state index < -0.39 is 48.6 Å². The number of amides is 1. The minimum atomic E-state index is -1.35. The third-order valence-corrected chi connectivity index (χ3v) is 16.8. The number of aliphatic hydroxyl groups excluding tert-OH is 3. The number of unbranched alkanes of at least 4 members (excludes halogenated alkanes) is 3. The lowest BCUT2D eigenvalue weighted by atomic mass is 9.33. The highest BCUT2D eigenvalue weighted by Crippen LogP contribution is 2.76. The summed E-state index contributed by atoms with van der Waals surface area (Å²) in [5.74, 6) is 0.0933. The standard InChI is InChI=1S/C43H71NO8/c1-9-10-11-12-13-32(46)44-33-35(48)34(47)28(25-45)51-36(33)52-31-17-18-40(6)29(39(31,4)5)16-19-42(8)30(40)15-14-26-27-24-38(2,3)20-22-43(27,37(49)50)23-21-41(26,42)7/h14,27-31,33-36,45,47-48H,9-13,15-25H2,1-8H3,(H,44,46)(H,49,50)/t27-,28+,29-,30+,31-,33+,34+,35+,36-,40-,41+,42+,43-/m0/s1. The van der Waals surface area contributed by atoms with Crippen molar-refractivity contribution < 1.29 is 39.5 Å². The lowest BCUT2D eigenvalue weighted by Crippen LogP contribution is -2.67. The van der Waals surface area contributed by atoms with Crippen LogP contribution in [-0.2, 0) is 19.1 Å². The molecule has 296 valence electrons. The molecule has 0 aromatic rings. The summed E-state index contributed by atoms with van der Waals surface area (Å²) in [5, 5.41) is 45.7. The Balaban J connectivity index is 1.24. The van der Waals surface area contributed by atoms with Gasteiger partial charge in [-0.1, -0.05) is 86.3 Å². The van der Waals surface area contributed by atoms with Gasteiger partial charge in [-0.05, 0) is 115 Å². The predicted octanol–water partition coefficient (Wildman–Crippen LogP) is 7.15. The molecule has 9 nitrogen and oxygen atoms in total. The van der Waals surface area contributed by atoms with Crippen LogP contribution in [-0.4, -0.2) is 75.7 Å². The maximum Gasteiger partial charge on any atom is 0.310 e. The molecule has 4 saturated carbocycles. The van der Waals surface area contributed by atoms with Gasteiger partial charge in [0.05, 0.1) is 18.1 Å². The number of hydrogen-bond donors (Lipinski definition) is 5. The topological polar surface area (TPSA) is 146 Å². The maximum absolute atomic E-state index is 13.0. The number of aliphatic hydroxyl groups is 3. The van der Waals surface area contributed by atoms with Crippen LogP contribution >= 0.6 is 0 Å². The Bertz CT molecular complexity index is 1380. The number of aliphatic carboxylic acids is 1. The molecule has 0 radical (unpaired) electrons. The van der Waals surface area contributed by atoms with Crippen molar-refractivity contribution in [3.05, 3.63) is 11.6 Å². The Morgan fingerprint density at radius 1 is 0.904 bits per heavy atom. The van der Waals surface area contributed by atoms with Crippen LogP contribution in [0.5, 0.6) is 0 Å². The molecule has 0 aromatic heterocycles. The average molecular weight is 730 g/mol. The molecule has 0 bridgehead atoms. The fourth-order valence-corrected chi connectivity index (χ4v) is 13.3. The van der Waals surface area contributed by atoms with Gasteiger partial charge in [0.1, 0.15) is 24.4 Å². The van der Waals surface area contributed by atoms with Crippen molar-refractivity contribution in [2.24, 2.45) is 50.2 Å². The van der Waals surface area contributed by atoms with Crippen LogP contribution in [0.3, 0.4) is 0 Å². The number of allylic oxidation sites excluding steroid dienone is 2. The molecule has 1 amide bonds. The second-order valence-electron chi connectivity index (χ2n) is 20.3. The number of carboxylic acids is 1. The first-order valence-corrected chi connectivity index (χ1v) is 20.8. The van der Waals surface area contributed by atoms with E-state index >= 15 is 0 Å². The van der Waals surface area contributed by atoms with Crippen LogP contribution in [0.15, 0.2) is 11.6 Å². The van der Waals surface area contributed by atoms with Crippen LogP contribution in [0.1, 0.15) is 152 Å². The molecule has 6 aliphatic rings. The van der Waals surface area contributed by atoms with E-state index in [2.05, 4.69) is 66.8 Å². The van der Waals surface area contributed by atoms with Crippen LogP contribution in [0.25, 0.3) is 0 Å². The highest BCUT2D eigenvalue weighted by molar-refractivity contribution is 5.77. The van der Waals surface area contributed by atoms with Crippen molar-refractivity contribution in [1.82, 2.24) is 5.32 Å². The van der Waals surface area contributed by atoms with Crippen molar-refractivity contribution in [2.45, 2.75) is 188 Å². The van der Waals surface area contributed by atoms with Gasteiger partial charge < -0.3 is 35.2 Å². The summed E-state index contributed by atoms with van der Waals surface area (Å²) in [6, 6.07) is -0.953. The lowest BCUT2D eigenvalue weighted by Gasteiger charge is -2.71. The van der Waals surface area contributed by atoms with Gasteiger partial charge in [0.25, 0.3) is 0 Å². The van der Waals surface area contributed by atoms with Gasteiger partial charge in [0.2, 0.25) is 5.91 Å². The summed E-state index contributed by atoms with van der Waals surface area (Å²) in [5.41, 5.74) is 0.713. The quantitative estimate of drug-likeness (QED) is 0.0906. The average Bonchev–Trinajstić information content (AvgIpc) is 3.07. The monoisotopic (exact) mass is 730 g/mol. The summed E-state index contributed by atoms with van der Waals surface area (Å²) in [4.78, 5) is 26.1. The Kier molecular flexibility index (Phi) is 11.0. The number of carbonyl (C=O) groups is 2. The normalized spacial score (nSPS) is 46.4. The minimum absolute atomic E-state index is 0.0391. The lowest BCUT2D eigenvalue weighted by molar-refractivity contribution is -0.306. The fraction of sp³-hybridized carbons (Fsp3) is 0.907. The summed E-state index contributed by atoms with van der Waals surface area (Å²) in [7, 11) is 0.